The van der Waals surface area contributed by atoms with Crippen molar-refractivity contribution in [2.24, 2.45) is 0 Å². The number of β-lactam (4-membered cyclic amide) rings is 1. The van der Waals surface area contributed by atoms with E-state index in [9.17, 15) is 19.5 Å². The Morgan fingerprint density at radius 1 is 1.61 bits per heavy atom. The molecule has 0 saturated carbocycles. The van der Waals surface area contributed by atoms with Gasteiger partial charge >= 0.3 is 5.97 Å². The first-order valence-electron chi connectivity index (χ1n) is 6.42. The maximum absolute atomic E-state index is 12.2. The molecule has 0 aromatic carbocycles. The van der Waals surface area contributed by atoms with Crippen LogP contribution in [0.15, 0.2) is 22.8 Å². The van der Waals surface area contributed by atoms with Gasteiger partial charge in [0.05, 0.1) is 11.8 Å². The average molecular weight is 374 g/mol. The van der Waals surface area contributed by atoms with Gasteiger partial charge in [-0.25, -0.2) is 4.79 Å². The summed E-state index contributed by atoms with van der Waals surface area (Å²) in [5.41, 5.74) is 0.418. The lowest BCUT2D eigenvalue weighted by molar-refractivity contribution is -0.150. The molecule has 2 N–H and O–H groups in total. The van der Waals surface area contributed by atoms with Gasteiger partial charge in [-0.15, -0.1) is 35.1 Å². The minimum absolute atomic E-state index is 0.0457. The number of hydrogen-bond acceptors (Lipinski definition) is 6. The van der Waals surface area contributed by atoms with Gasteiger partial charge in [-0.05, 0) is 11.0 Å². The molecule has 2 atom stereocenters. The highest BCUT2D eigenvalue weighted by Gasteiger charge is 2.53. The van der Waals surface area contributed by atoms with Crippen molar-refractivity contribution in [2.45, 2.75) is 11.4 Å². The molecule has 0 bridgehead atoms. The molecule has 0 aromatic rings. The summed E-state index contributed by atoms with van der Waals surface area (Å²) in [5, 5.41) is 21.3. The first-order chi connectivity index (χ1) is 11.0. The van der Waals surface area contributed by atoms with E-state index in [1.165, 1.54) is 28.1 Å². The van der Waals surface area contributed by atoms with Crippen LogP contribution in [0.1, 0.15) is 0 Å². The van der Waals surface area contributed by atoms with Crippen LogP contribution in [-0.2, 0) is 14.4 Å². The quantitative estimate of drug-likeness (QED) is 0.401. The van der Waals surface area contributed by atoms with E-state index in [2.05, 4.69) is 5.32 Å². The summed E-state index contributed by atoms with van der Waals surface area (Å²) in [7, 11) is 0. The topological polar surface area (TPSA) is 111 Å². The molecule has 10 heteroatoms. The van der Waals surface area contributed by atoms with Gasteiger partial charge in [0.2, 0.25) is 5.91 Å². The third kappa shape index (κ3) is 3.65. The molecule has 2 aliphatic rings. The monoisotopic (exact) mass is 373 g/mol. The predicted octanol–water partition coefficient (Wildman–Crippen LogP) is 0.734. The van der Waals surface area contributed by atoms with Gasteiger partial charge in [0, 0.05) is 17.7 Å². The maximum atomic E-state index is 12.2. The highest BCUT2D eigenvalue weighted by molar-refractivity contribution is 8.02. The fourth-order valence-electron chi connectivity index (χ4n) is 2.20. The number of rotatable bonds is 6. The Labute approximate surface area is 145 Å². The molecule has 0 aromatic heterocycles. The van der Waals surface area contributed by atoms with Crippen LogP contribution >= 0.6 is 35.1 Å². The molecular formula is C13H12ClN3O4S2. The summed E-state index contributed by atoms with van der Waals surface area (Å²) >= 11 is 8.24. The minimum Gasteiger partial charge on any atom is -0.477 e. The first kappa shape index (κ1) is 17.7. The van der Waals surface area contributed by atoms with E-state index in [4.69, 9.17) is 16.9 Å². The normalized spacial score (nSPS) is 23.3. The van der Waals surface area contributed by atoms with Crippen molar-refractivity contribution in [3.8, 4) is 6.07 Å². The van der Waals surface area contributed by atoms with E-state index in [0.717, 1.165) is 11.8 Å². The predicted molar refractivity (Wildman–Crippen MR) is 87.6 cm³/mol. The molecular weight excluding hydrogens is 362 g/mol. The lowest BCUT2D eigenvalue weighted by atomic mass is 10.0. The van der Waals surface area contributed by atoms with Crippen LogP contribution < -0.4 is 5.32 Å². The maximum Gasteiger partial charge on any atom is 0.352 e. The number of fused-ring (bicyclic) bond motifs is 1. The Kier molecular flexibility index (Phi) is 5.98. The number of nitriles is 1. The number of alkyl halides is 1. The number of hydrogen-bond donors (Lipinski definition) is 2. The zero-order valence-corrected chi connectivity index (χ0v) is 14.1. The fraction of sp³-hybridized carbons (Fsp3) is 0.385. The Balaban J connectivity index is 2.00. The van der Waals surface area contributed by atoms with Crippen molar-refractivity contribution < 1.29 is 19.5 Å². The number of aliphatic carboxylic acids is 1. The van der Waals surface area contributed by atoms with E-state index >= 15 is 0 Å². The number of allylic oxidation sites excluding steroid dienone is 1. The second-order valence-electron chi connectivity index (χ2n) is 4.59. The number of nitrogens with zero attached hydrogens (tertiary/aromatic N) is 2. The van der Waals surface area contributed by atoms with Crippen molar-refractivity contribution in [1.29, 1.82) is 5.26 Å². The van der Waals surface area contributed by atoms with Gasteiger partial charge < -0.3 is 10.4 Å². The number of amides is 2. The standard InChI is InChI=1S/C13H12ClN3O4S2/c14-4-7-5-23-12-9(11(19)17(12)10(7)13(20)21)16-8(18)6-22-3-1-2-15/h1,3,9,12H,4-6H2,(H,16,18)(H,20,21)/b3-1-/t9?,12-/m0/s1. The van der Waals surface area contributed by atoms with Crippen LogP contribution in [0.3, 0.4) is 0 Å². The third-order valence-corrected chi connectivity index (χ3v) is 5.60. The van der Waals surface area contributed by atoms with Gasteiger partial charge in [0.25, 0.3) is 5.91 Å². The number of carbonyl (C=O) groups excluding carboxylic acids is 2. The number of carboxylic acid groups (broad SMARTS) is 1. The zero-order chi connectivity index (χ0) is 17.0. The molecule has 1 saturated heterocycles. The highest BCUT2D eigenvalue weighted by Crippen LogP contribution is 2.40. The summed E-state index contributed by atoms with van der Waals surface area (Å²) in [5.74, 6) is -1.46. The SMILES string of the molecule is N#C/C=C\SCC(=O)NC1C(=O)N2C(C(=O)O)=C(CCl)CS[C@@H]12. The largest absolute Gasteiger partial charge is 0.477 e. The second-order valence-corrected chi connectivity index (χ2v) is 6.86. The number of carbonyl (C=O) groups is 3. The molecule has 0 radical (unpaired) electrons. The molecule has 7 nitrogen and oxygen atoms in total. The molecule has 0 aliphatic carbocycles. The molecule has 1 fully saturated rings. The second kappa shape index (κ2) is 7.77. The van der Waals surface area contributed by atoms with Crippen LogP contribution in [0.5, 0.6) is 0 Å². The van der Waals surface area contributed by atoms with E-state index in [1.54, 1.807) is 6.07 Å². The van der Waals surface area contributed by atoms with E-state index in [0.29, 0.717) is 11.3 Å². The summed E-state index contributed by atoms with van der Waals surface area (Å²) < 4.78 is 0. The van der Waals surface area contributed by atoms with Crippen LogP contribution in [0.25, 0.3) is 0 Å². The Hall–Kier alpha value is -1.63. The Morgan fingerprint density at radius 2 is 2.35 bits per heavy atom. The molecule has 2 rings (SSSR count). The van der Waals surface area contributed by atoms with Gasteiger partial charge in [-0.1, -0.05) is 0 Å². The molecule has 23 heavy (non-hydrogen) atoms. The van der Waals surface area contributed by atoms with Crippen LogP contribution in [0.2, 0.25) is 0 Å². The van der Waals surface area contributed by atoms with Crippen LogP contribution in [-0.4, -0.2) is 56.6 Å². The van der Waals surface area contributed by atoms with Crippen LogP contribution in [0, 0.1) is 11.3 Å². The van der Waals surface area contributed by atoms with Gasteiger partial charge in [0.1, 0.15) is 17.1 Å². The van der Waals surface area contributed by atoms with Gasteiger partial charge in [-0.2, -0.15) is 5.26 Å². The number of carboxylic acids is 1. The lowest BCUT2D eigenvalue weighted by Crippen LogP contribution is -2.70. The molecule has 2 heterocycles. The molecule has 2 aliphatic heterocycles. The fourth-order valence-corrected chi connectivity index (χ4v) is 4.37. The van der Waals surface area contributed by atoms with E-state index < -0.39 is 23.3 Å². The van der Waals surface area contributed by atoms with E-state index in [-0.39, 0.29) is 23.2 Å². The summed E-state index contributed by atoms with van der Waals surface area (Å²) in [6, 6.07) is 1.07. The third-order valence-electron chi connectivity index (χ3n) is 3.18. The smallest absolute Gasteiger partial charge is 0.352 e. The highest BCUT2D eigenvalue weighted by atomic mass is 35.5. The Morgan fingerprint density at radius 3 is 2.96 bits per heavy atom. The number of nitrogens with one attached hydrogen (secondary N) is 1. The van der Waals surface area contributed by atoms with Crippen molar-refractivity contribution in [3.63, 3.8) is 0 Å². The number of halogens is 1. The Bertz CT molecular complexity index is 644. The first-order valence-corrected chi connectivity index (χ1v) is 9.06. The minimum atomic E-state index is -1.19. The van der Waals surface area contributed by atoms with Gasteiger partial charge in [0.15, 0.2) is 0 Å². The number of thioether (sulfide) groups is 2. The van der Waals surface area contributed by atoms with Crippen LogP contribution in [0.4, 0.5) is 0 Å². The van der Waals surface area contributed by atoms with Crippen molar-refractivity contribution in [1.82, 2.24) is 10.2 Å². The average Bonchev–Trinajstić information content (AvgIpc) is 2.54. The summed E-state index contributed by atoms with van der Waals surface area (Å²) in [4.78, 5) is 36.5. The van der Waals surface area contributed by atoms with Crippen molar-refractivity contribution in [3.05, 3.63) is 22.8 Å². The lowest BCUT2D eigenvalue weighted by Gasteiger charge is -2.49. The molecule has 0 spiro atoms. The van der Waals surface area contributed by atoms with Gasteiger partial charge in [-0.3, -0.25) is 14.5 Å². The van der Waals surface area contributed by atoms with Crippen molar-refractivity contribution in [2.75, 3.05) is 17.4 Å². The summed E-state index contributed by atoms with van der Waals surface area (Å²) in [6.07, 6.45) is 1.25. The molecule has 1 unspecified atom stereocenters. The summed E-state index contributed by atoms with van der Waals surface area (Å²) in [6.45, 7) is 0. The molecule has 122 valence electrons. The molecule has 2 amide bonds. The van der Waals surface area contributed by atoms with Crippen molar-refractivity contribution >= 4 is 52.9 Å². The van der Waals surface area contributed by atoms with E-state index in [1.807, 2.05) is 0 Å². The zero-order valence-electron chi connectivity index (χ0n) is 11.7.